The highest BCUT2D eigenvalue weighted by Crippen LogP contribution is 2.28. The minimum atomic E-state index is -0.457. The minimum absolute atomic E-state index is 0.0554. The summed E-state index contributed by atoms with van der Waals surface area (Å²) < 4.78 is 14.0. The molecule has 1 aromatic carbocycles. The zero-order valence-corrected chi connectivity index (χ0v) is 15.8. The Hall–Kier alpha value is -2.48. The highest BCUT2D eigenvalue weighted by molar-refractivity contribution is 6.00. The summed E-state index contributed by atoms with van der Waals surface area (Å²) in [6.07, 6.45) is 0.110. The molecule has 0 bridgehead atoms. The van der Waals surface area contributed by atoms with Gasteiger partial charge < -0.3 is 19.6 Å². The first-order valence-corrected chi connectivity index (χ1v) is 9.24. The largest absolute Gasteiger partial charge is 0.344 e. The molecule has 2 saturated heterocycles. The summed E-state index contributed by atoms with van der Waals surface area (Å²) in [4.78, 5) is 42.8. The number of likely N-dealkylation sites (N-methyl/N-ethyl adjacent to an activating group) is 1. The molecule has 2 aliphatic heterocycles. The molecule has 2 fully saturated rings. The SMILES string of the molecule is CN(C)C(=O)C[NH+]1CCN(C(=O)[C@@H]2CC(=O)N(c3ccccc3F)C2)CC1. The number of nitrogens with zero attached hydrogens (tertiary/aromatic N) is 3. The number of hydrogen-bond donors (Lipinski definition) is 1. The van der Waals surface area contributed by atoms with E-state index in [1.165, 1.54) is 11.0 Å². The number of nitrogens with one attached hydrogen (secondary N) is 1. The third-order valence-corrected chi connectivity index (χ3v) is 5.30. The van der Waals surface area contributed by atoms with E-state index >= 15 is 0 Å². The Balaban J connectivity index is 1.56. The number of benzene rings is 1. The first-order valence-electron chi connectivity index (χ1n) is 9.24. The molecule has 7 nitrogen and oxygen atoms in total. The zero-order chi connectivity index (χ0) is 19.6. The van der Waals surface area contributed by atoms with Crippen LogP contribution in [-0.2, 0) is 14.4 Å². The zero-order valence-electron chi connectivity index (χ0n) is 15.8. The van der Waals surface area contributed by atoms with Crippen LogP contribution in [-0.4, -0.2) is 80.9 Å². The number of quaternary nitrogens is 1. The van der Waals surface area contributed by atoms with Crippen molar-refractivity contribution in [2.45, 2.75) is 6.42 Å². The van der Waals surface area contributed by atoms with Crippen LogP contribution < -0.4 is 9.80 Å². The van der Waals surface area contributed by atoms with Gasteiger partial charge in [0.1, 0.15) is 5.82 Å². The fraction of sp³-hybridized carbons (Fsp3) is 0.526. The Morgan fingerprint density at radius 3 is 2.52 bits per heavy atom. The second-order valence-corrected chi connectivity index (χ2v) is 7.40. The number of hydrogen-bond acceptors (Lipinski definition) is 3. The third-order valence-electron chi connectivity index (χ3n) is 5.30. The van der Waals surface area contributed by atoms with Crippen molar-refractivity contribution >= 4 is 23.4 Å². The normalized spacial score (nSPS) is 20.9. The van der Waals surface area contributed by atoms with Crippen LogP contribution in [0, 0.1) is 11.7 Å². The average Bonchev–Trinajstić information content (AvgIpc) is 3.03. The lowest BCUT2D eigenvalue weighted by Gasteiger charge is -2.33. The molecule has 2 aliphatic rings. The summed E-state index contributed by atoms with van der Waals surface area (Å²) in [6, 6.07) is 6.13. The van der Waals surface area contributed by atoms with Gasteiger partial charge in [0.25, 0.3) is 5.91 Å². The highest BCUT2D eigenvalue weighted by atomic mass is 19.1. The average molecular weight is 377 g/mol. The molecule has 3 rings (SSSR count). The van der Waals surface area contributed by atoms with Crippen molar-refractivity contribution in [2.75, 3.05) is 58.3 Å². The molecule has 8 heteroatoms. The van der Waals surface area contributed by atoms with E-state index in [2.05, 4.69) is 0 Å². The molecular weight excluding hydrogens is 351 g/mol. The van der Waals surface area contributed by atoms with Gasteiger partial charge in [-0.25, -0.2) is 4.39 Å². The number of rotatable bonds is 4. The maximum Gasteiger partial charge on any atom is 0.277 e. The Kier molecular flexibility index (Phi) is 5.74. The van der Waals surface area contributed by atoms with Gasteiger partial charge in [-0.1, -0.05) is 12.1 Å². The van der Waals surface area contributed by atoms with Gasteiger partial charge in [-0.15, -0.1) is 0 Å². The highest BCUT2D eigenvalue weighted by Gasteiger charge is 2.39. The molecule has 0 aromatic heterocycles. The molecule has 0 radical (unpaired) electrons. The van der Waals surface area contributed by atoms with E-state index in [1.54, 1.807) is 42.1 Å². The lowest BCUT2D eigenvalue weighted by atomic mass is 10.1. The van der Waals surface area contributed by atoms with E-state index in [1.807, 2.05) is 0 Å². The van der Waals surface area contributed by atoms with Crippen molar-refractivity contribution in [3.8, 4) is 0 Å². The number of carbonyl (C=O) groups excluding carboxylic acids is 3. The van der Waals surface area contributed by atoms with Crippen LogP contribution in [0.2, 0.25) is 0 Å². The number of para-hydroxylation sites is 1. The number of carbonyl (C=O) groups is 3. The number of piperazine rings is 1. The molecule has 2 heterocycles. The van der Waals surface area contributed by atoms with Gasteiger partial charge in [-0.2, -0.15) is 0 Å². The standard InChI is InChI=1S/C19H25FN4O3/c1-21(2)18(26)13-22-7-9-23(10-8-22)19(27)14-11-17(25)24(12-14)16-6-4-3-5-15(16)20/h3-6,14H,7-13H2,1-2H3/p+1/t14-/m1/s1. The lowest BCUT2D eigenvalue weighted by molar-refractivity contribution is -0.896. The summed E-state index contributed by atoms with van der Waals surface area (Å²) in [7, 11) is 3.47. The van der Waals surface area contributed by atoms with E-state index in [-0.39, 0.29) is 36.4 Å². The predicted molar refractivity (Wildman–Crippen MR) is 97.7 cm³/mol. The van der Waals surface area contributed by atoms with Crippen LogP contribution in [0.3, 0.4) is 0 Å². The van der Waals surface area contributed by atoms with Gasteiger partial charge >= 0.3 is 0 Å². The van der Waals surface area contributed by atoms with Crippen molar-refractivity contribution in [3.05, 3.63) is 30.1 Å². The monoisotopic (exact) mass is 377 g/mol. The van der Waals surface area contributed by atoms with Gasteiger partial charge in [-0.3, -0.25) is 14.4 Å². The Bertz CT molecular complexity index is 731. The Morgan fingerprint density at radius 1 is 1.22 bits per heavy atom. The minimum Gasteiger partial charge on any atom is -0.344 e. The van der Waals surface area contributed by atoms with E-state index in [4.69, 9.17) is 0 Å². The Morgan fingerprint density at radius 2 is 1.89 bits per heavy atom. The molecule has 146 valence electrons. The van der Waals surface area contributed by atoms with Gasteiger partial charge in [0, 0.05) is 27.1 Å². The summed E-state index contributed by atoms with van der Waals surface area (Å²) in [5.74, 6) is -1.10. The molecule has 0 unspecified atom stereocenters. The van der Waals surface area contributed by atoms with Crippen LogP contribution in [0.1, 0.15) is 6.42 Å². The summed E-state index contributed by atoms with van der Waals surface area (Å²) in [5, 5.41) is 0. The third kappa shape index (κ3) is 4.27. The quantitative estimate of drug-likeness (QED) is 0.732. The molecule has 1 N–H and O–H groups in total. The summed E-state index contributed by atoms with van der Waals surface area (Å²) >= 11 is 0. The van der Waals surface area contributed by atoms with E-state index in [0.717, 1.165) is 4.90 Å². The maximum atomic E-state index is 14.0. The van der Waals surface area contributed by atoms with E-state index < -0.39 is 11.7 Å². The molecule has 0 spiro atoms. The molecule has 1 atom stereocenters. The fourth-order valence-electron chi connectivity index (χ4n) is 3.63. The fourth-order valence-corrected chi connectivity index (χ4v) is 3.63. The summed E-state index contributed by atoms with van der Waals surface area (Å²) in [6.45, 7) is 3.20. The molecule has 1 aromatic rings. The van der Waals surface area contributed by atoms with E-state index in [9.17, 15) is 18.8 Å². The molecular formula is C19H26FN4O3+. The van der Waals surface area contributed by atoms with Gasteiger partial charge in [-0.05, 0) is 12.1 Å². The first kappa shape index (κ1) is 19.3. The van der Waals surface area contributed by atoms with Gasteiger partial charge in [0.05, 0.1) is 37.8 Å². The van der Waals surface area contributed by atoms with Crippen LogP contribution in [0.4, 0.5) is 10.1 Å². The molecule has 3 amide bonds. The van der Waals surface area contributed by atoms with Gasteiger partial charge in [0.2, 0.25) is 11.8 Å². The van der Waals surface area contributed by atoms with Crippen LogP contribution in [0.25, 0.3) is 0 Å². The van der Waals surface area contributed by atoms with Crippen molar-refractivity contribution in [3.63, 3.8) is 0 Å². The van der Waals surface area contributed by atoms with Crippen molar-refractivity contribution in [1.29, 1.82) is 0 Å². The smallest absolute Gasteiger partial charge is 0.277 e. The predicted octanol–water partition coefficient (Wildman–Crippen LogP) is -1.01. The van der Waals surface area contributed by atoms with Crippen LogP contribution in [0.5, 0.6) is 0 Å². The summed E-state index contributed by atoms with van der Waals surface area (Å²) in [5.41, 5.74) is 0.231. The second-order valence-electron chi connectivity index (χ2n) is 7.40. The van der Waals surface area contributed by atoms with Crippen LogP contribution >= 0.6 is 0 Å². The number of amides is 3. The van der Waals surface area contributed by atoms with E-state index in [0.29, 0.717) is 32.7 Å². The molecule has 27 heavy (non-hydrogen) atoms. The maximum absolute atomic E-state index is 14.0. The topological polar surface area (TPSA) is 65.4 Å². The molecule has 0 aliphatic carbocycles. The van der Waals surface area contributed by atoms with Gasteiger partial charge in [0.15, 0.2) is 6.54 Å². The van der Waals surface area contributed by atoms with Crippen molar-refractivity contribution in [2.24, 2.45) is 5.92 Å². The first-order chi connectivity index (χ1) is 12.9. The van der Waals surface area contributed by atoms with Crippen molar-refractivity contribution < 1.29 is 23.7 Å². The Labute approximate surface area is 158 Å². The number of anilines is 1. The van der Waals surface area contributed by atoms with Crippen molar-refractivity contribution in [1.82, 2.24) is 9.80 Å². The molecule has 0 saturated carbocycles. The lowest BCUT2D eigenvalue weighted by Crippen LogP contribution is -3.15. The van der Waals surface area contributed by atoms with Crippen LogP contribution in [0.15, 0.2) is 24.3 Å². The second kappa shape index (κ2) is 8.04. The number of halogens is 1.